The van der Waals surface area contributed by atoms with Gasteiger partial charge in [-0.2, -0.15) is 0 Å². The zero-order valence-electron chi connectivity index (χ0n) is 18.4. The molecule has 0 atom stereocenters. The number of fused-ring (bicyclic) bond motifs is 1. The van der Waals surface area contributed by atoms with Crippen LogP contribution in [0.2, 0.25) is 0 Å². The van der Waals surface area contributed by atoms with Crippen molar-refractivity contribution in [2.45, 2.75) is 6.92 Å². The van der Waals surface area contributed by atoms with Gasteiger partial charge < -0.3 is 14.8 Å². The maximum Gasteiger partial charge on any atom is 0.343 e. The van der Waals surface area contributed by atoms with Crippen LogP contribution in [0.1, 0.15) is 15.9 Å². The summed E-state index contributed by atoms with van der Waals surface area (Å²) in [4.78, 5) is 28.8. The van der Waals surface area contributed by atoms with Gasteiger partial charge >= 0.3 is 5.97 Å². The molecule has 0 aliphatic heterocycles. The number of aromatic nitrogens is 1. The molecule has 1 aromatic heterocycles. The average molecular weight is 462 g/mol. The second-order valence-electron chi connectivity index (χ2n) is 7.52. The number of rotatable bonds is 6. The lowest BCUT2D eigenvalue weighted by Crippen LogP contribution is -2.16. The van der Waals surface area contributed by atoms with Crippen molar-refractivity contribution in [3.05, 3.63) is 89.5 Å². The number of nitrogens with one attached hydrogen (secondary N) is 1. The lowest BCUT2D eigenvalue weighted by Gasteiger charge is -2.13. The van der Waals surface area contributed by atoms with Gasteiger partial charge in [0.1, 0.15) is 22.9 Å². The second-order valence-corrected chi connectivity index (χ2v) is 7.52. The minimum atomic E-state index is -0.968. The topological polar surface area (TPSA) is 77.5 Å². The van der Waals surface area contributed by atoms with Gasteiger partial charge in [0.25, 0.3) is 5.91 Å². The Hall–Kier alpha value is -4.33. The van der Waals surface area contributed by atoms with Crippen LogP contribution in [-0.2, 0) is 9.53 Å². The summed E-state index contributed by atoms with van der Waals surface area (Å²) in [5.41, 5.74) is 2.69. The van der Waals surface area contributed by atoms with Gasteiger partial charge in [-0.05, 0) is 37.3 Å². The van der Waals surface area contributed by atoms with E-state index in [-0.39, 0.29) is 12.3 Å². The van der Waals surface area contributed by atoms with E-state index in [0.29, 0.717) is 22.3 Å². The molecule has 1 heterocycles. The summed E-state index contributed by atoms with van der Waals surface area (Å²) in [5.74, 6) is -3.11. The van der Waals surface area contributed by atoms with Crippen molar-refractivity contribution in [2.24, 2.45) is 0 Å². The molecule has 172 valence electrons. The minimum absolute atomic E-state index is 0.271. The molecule has 3 aromatic carbocycles. The molecule has 0 spiro atoms. The summed E-state index contributed by atoms with van der Waals surface area (Å²) >= 11 is 0. The van der Waals surface area contributed by atoms with Crippen LogP contribution in [0.5, 0.6) is 5.75 Å². The van der Waals surface area contributed by atoms with Gasteiger partial charge in [-0.3, -0.25) is 4.79 Å². The van der Waals surface area contributed by atoms with Crippen molar-refractivity contribution < 1.29 is 27.8 Å². The fourth-order valence-electron chi connectivity index (χ4n) is 3.37. The number of ether oxygens (including phenoxy) is 2. The van der Waals surface area contributed by atoms with E-state index in [2.05, 4.69) is 15.0 Å². The molecule has 1 N–H and O–H groups in total. The van der Waals surface area contributed by atoms with Gasteiger partial charge in [-0.1, -0.05) is 35.9 Å². The Morgan fingerprint density at radius 2 is 1.68 bits per heavy atom. The summed E-state index contributed by atoms with van der Waals surface area (Å²) in [6.45, 7) is 1.64. The van der Waals surface area contributed by atoms with E-state index in [0.717, 1.165) is 23.3 Å². The molecule has 34 heavy (non-hydrogen) atoms. The van der Waals surface area contributed by atoms with E-state index in [4.69, 9.17) is 4.74 Å². The van der Waals surface area contributed by atoms with E-state index in [1.54, 1.807) is 24.3 Å². The molecule has 1 amide bonds. The van der Waals surface area contributed by atoms with E-state index in [1.807, 2.05) is 31.2 Å². The van der Waals surface area contributed by atoms with Gasteiger partial charge in [-0.25, -0.2) is 18.6 Å². The van der Waals surface area contributed by atoms with Crippen molar-refractivity contribution in [3.8, 4) is 17.0 Å². The Bertz CT molecular complexity index is 1370. The minimum Gasteiger partial charge on any atom is -0.481 e. The van der Waals surface area contributed by atoms with Crippen LogP contribution in [0.15, 0.2) is 66.7 Å². The third-order valence-electron chi connectivity index (χ3n) is 5.14. The maximum atomic E-state index is 14.0. The lowest BCUT2D eigenvalue weighted by atomic mass is 10.1. The molecule has 0 saturated carbocycles. The highest BCUT2D eigenvalue weighted by Crippen LogP contribution is 2.32. The summed E-state index contributed by atoms with van der Waals surface area (Å²) in [6.07, 6.45) is 0. The Labute approximate surface area is 194 Å². The SMILES string of the molecule is COC(=O)COc1cc(-c2ccc(C)cc2)nc2ccc(NC(=O)c3c(F)cccc3F)cc12. The number of benzene rings is 3. The number of anilines is 1. The summed E-state index contributed by atoms with van der Waals surface area (Å²) in [6, 6.07) is 17.4. The zero-order chi connectivity index (χ0) is 24.2. The number of hydrogen-bond donors (Lipinski definition) is 1. The van der Waals surface area contributed by atoms with Crippen molar-refractivity contribution in [3.63, 3.8) is 0 Å². The zero-order valence-corrected chi connectivity index (χ0v) is 18.4. The van der Waals surface area contributed by atoms with Crippen molar-refractivity contribution >= 4 is 28.5 Å². The highest BCUT2D eigenvalue weighted by molar-refractivity contribution is 6.05. The highest BCUT2D eigenvalue weighted by Gasteiger charge is 2.18. The van der Waals surface area contributed by atoms with Crippen LogP contribution in [-0.4, -0.2) is 30.6 Å². The number of methoxy groups -OCH3 is 1. The Kier molecular flexibility index (Phi) is 6.49. The molecule has 0 aliphatic carbocycles. The Balaban J connectivity index is 1.73. The van der Waals surface area contributed by atoms with E-state index in [9.17, 15) is 18.4 Å². The van der Waals surface area contributed by atoms with E-state index < -0.39 is 29.1 Å². The standard InChI is InChI=1S/C26H20F2N2O4/c1-15-6-8-16(9-7-15)22-13-23(34-14-24(31)33-2)18-12-17(10-11-21(18)30-22)29-26(32)25-19(27)4-3-5-20(25)28/h3-13H,14H2,1-2H3,(H,29,32). The largest absolute Gasteiger partial charge is 0.481 e. The number of hydrogen-bond acceptors (Lipinski definition) is 5. The van der Waals surface area contributed by atoms with Gasteiger partial charge in [0.2, 0.25) is 0 Å². The summed E-state index contributed by atoms with van der Waals surface area (Å²) in [5, 5.41) is 2.99. The first-order chi connectivity index (χ1) is 16.4. The summed E-state index contributed by atoms with van der Waals surface area (Å²) in [7, 11) is 1.25. The van der Waals surface area contributed by atoms with Gasteiger partial charge in [0.15, 0.2) is 6.61 Å². The van der Waals surface area contributed by atoms with Crippen LogP contribution in [0.3, 0.4) is 0 Å². The molecular formula is C26H20F2N2O4. The first-order valence-electron chi connectivity index (χ1n) is 10.3. The smallest absolute Gasteiger partial charge is 0.343 e. The van der Waals surface area contributed by atoms with Crippen LogP contribution in [0.4, 0.5) is 14.5 Å². The normalized spacial score (nSPS) is 10.7. The van der Waals surface area contributed by atoms with E-state index in [1.165, 1.54) is 13.2 Å². The third-order valence-corrected chi connectivity index (χ3v) is 5.14. The third kappa shape index (κ3) is 4.85. The molecule has 0 aliphatic rings. The van der Waals surface area contributed by atoms with Gasteiger partial charge in [-0.15, -0.1) is 0 Å². The van der Waals surface area contributed by atoms with Crippen LogP contribution >= 0.6 is 0 Å². The number of carbonyl (C=O) groups excluding carboxylic acids is 2. The molecule has 0 bridgehead atoms. The number of carbonyl (C=O) groups is 2. The van der Waals surface area contributed by atoms with Crippen molar-refractivity contribution in [2.75, 3.05) is 19.0 Å². The molecule has 4 rings (SSSR count). The molecule has 8 heteroatoms. The molecule has 0 unspecified atom stereocenters. The van der Waals surface area contributed by atoms with Crippen molar-refractivity contribution in [1.82, 2.24) is 4.98 Å². The first-order valence-corrected chi connectivity index (χ1v) is 10.3. The number of pyridine rings is 1. The predicted molar refractivity (Wildman–Crippen MR) is 124 cm³/mol. The van der Waals surface area contributed by atoms with Gasteiger partial charge in [0.05, 0.1) is 18.3 Å². The Morgan fingerprint density at radius 1 is 0.971 bits per heavy atom. The molecule has 0 saturated heterocycles. The molecule has 4 aromatic rings. The van der Waals surface area contributed by atoms with Crippen LogP contribution in [0, 0.1) is 18.6 Å². The van der Waals surface area contributed by atoms with E-state index >= 15 is 0 Å². The maximum absolute atomic E-state index is 14.0. The number of esters is 1. The number of aryl methyl sites for hydroxylation is 1. The first kappa shape index (κ1) is 22.8. The van der Waals surface area contributed by atoms with Gasteiger partial charge in [0, 0.05) is 22.7 Å². The summed E-state index contributed by atoms with van der Waals surface area (Å²) < 4.78 is 38.3. The molecule has 0 fully saturated rings. The molecular weight excluding hydrogens is 442 g/mol. The fourth-order valence-corrected chi connectivity index (χ4v) is 3.37. The highest BCUT2D eigenvalue weighted by atomic mass is 19.1. The monoisotopic (exact) mass is 462 g/mol. The Morgan fingerprint density at radius 3 is 2.35 bits per heavy atom. The molecule has 0 radical (unpaired) electrons. The number of amides is 1. The number of nitrogens with zero attached hydrogens (tertiary/aromatic N) is 1. The quantitative estimate of drug-likeness (QED) is 0.394. The molecule has 6 nitrogen and oxygen atoms in total. The van der Waals surface area contributed by atoms with Crippen LogP contribution < -0.4 is 10.1 Å². The predicted octanol–water partition coefficient (Wildman–Crippen LogP) is 5.29. The van der Waals surface area contributed by atoms with Crippen LogP contribution in [0.25, 0.3) is 22.2 Å². The fraction of sp³-hybridized carbons (Fsp3) is 0.115. The average Bonchev–Trinajstić information content (AvgIpc) is 2.82. The van der Waals surface area contributed by atoms with Crippen molar-refractivity contribution in [1.29, 1.82) is 0 Å². The number of halogens is 2. The lowest BCUT2D eigenvalue weighted by molar-refractivity contribution is -0.142. The second kappa shape index (κ2) is 9.66.